The van der Waals surface area contributed by atoms with Crippen LogP contribution in [0.15, 0.2) is 12.3 Å². The summed E-state index contributed by atoms with van der Waals surface area (Å²) in [7, 11) is 1.35. The van der Waals surface area contributed by atoms with Gasteiger partial charge < -0.3 is 10.5 Å². The highest BCUT2D eigenvalue weighted by molar-refractivity contribution is 7.14. The predicted octanol–water partition coefficient (Wildman–Crippen LogP) is 1.29. The fourth-order valence-corrected chi connectivity index (χ4v) is 1.61. The van der Waals surface area contributed by atoms with Gasteiger partial charge in [0, 0.05) is 0 Å². The maximum Gasteiger partial charge on any atom is 0.349 e. The Bertz CT molecular complexity index is 333. The van der Waals surface area contributed by atoms with Crippen LogP contribution >= 0.6 is 11.3 Å². The summed E-state index contributed by atoms with van der Waals surface area (Å²) < 4.78 is 4.56. The lowest BCUT2D eigenvalue weighted by atomic mass is 10.4. The number of thiazole rings is 1. The molecule has 0 aliphatic rings. The van der Waals surface area contributed by atoms with Crippen molar-refractivity contribution in [2.45, 2.75) is 6.42 Å². The van der Waals surface area contributed by atoms with Crippen LogP contribution in [0.3, 0.4) is 0 Å². The van der Waals surface area contributed by atoms with Crippen LogP contribution in [-0.4, -0.2) is 24.6 Å². The Labute approximate surface area is 86.4 Å². The van der Waals surface area contributed by atoms with Gasteiger partial charge in [-0.1, -0.05) is 6.08 Å². The molecule has 0 fully saturated rings. The summed E-state index contributed by atoms with van der Waals surface area (Å²) in [5.74, 6) is -0.346. The third kappa shape index (κ3) is 2.93. The molecule has 0 atom stereocenters. The molecule has 1 aromatic heterocycles. The van der Waals surface area contributed by atoms with Gasteiger partial charge in [-0.3, -0.25) is 0 Å². The molecule has 0 amide bonds. The number of aromatic nitrogens is 1. The van der Waals surface area contributed by atoms with Gasteiger partial charge >= 0.3 is 5.97 Å². The molecule has 0 aliphatic heterocycles. The normalized spacial score (nSPS) is 10.7. The molecule has 0 radical (unpaired) electrons. The Balaban J connectivity index is 2.63. The smallest absolute Gasteiger partial charge is 0.349 e. The molecular weight excluding hydrogens is 200 g/mol. The zero-order valence-corrected chi connectivity index (χ0v) is 8.71. The van der Waals surface area contributed by atoms with E-state index in [2.05, 4.69) is 9.72 Å². The third-order valence-electron chi connectivity index (χ3n) is 1.50. The molecule has 76 valence electrons. The molecule has 1 aromatic rings. The van der Waals surface area contributed by atoms with Crippen LogP contribution in [0.5, 0.6) is 0 Å². The Morgan fingerprint density at radius 2 is 2.57 bits per heavy atom. The number of carbonyl (C=O) groups excluding carboxylic acids is 1. The van der Waals surface area contributed by atoms with Gasteiger partial charge in [-0.25, -0.2) is 9.78 Å². The summed E-state index contributed by atoms with van der Waals surface area (Å²) in [4.78, 5) is 15.6. The van der Waals surface area contributed by atoms with Crippen molar-refractivity contribution in [3.8, 4) is 0 Å². The first-order chi connectivity index (χ1) is 6.77. The molecule has 0 aliphatic carbocycles. The molecule has 5 heteroatoms. The number of ether oxygens (including phenoxy) is 1. The van der Waals surface area contributed by atoms with Crippen LogP contribution in [0, 0.1) is 0 Å². The molecule has 0 saturated carbocycles. The van der Waals surface area contributed by atoms with Gasteiger partial charge in [0.25, 0.3) is 0 Å². The molecule has 1 heterocycles. The van der Waals surface area contributed by atoms with Crippen molar-refractivity contribution >= 4 is 23.4 Å². The molecule has 0 saturated heterocycles. The predicted molar refractivity (Wildman–Crippen MR) is 56.2 cm³/mol. The Morgan fingerprint density at radius 1 is 1.79 bits per heavy atom. The highest BCUT2D eigenvalue weighted by atomic mass is 32.1. The Kier molecular flexibility index (Phi) is 4.28. The number of hydrogen-bond acceptors (Lipinski definition) is 5. The molecule has 4 nitrogen and oxygen atoms in total. The van der Waals surface area contributed by atoms with Gasteiger partial charge in [0.2, 0.25) is 0 Å². The minimum atomic E-state index is -0.346. The highest BCUT2D eigenvalue weighted by Gasteiger charge is 2.08. The van der Waals surface area contributed by atoms with E-state index >= 15 is 0 Å². The van der Waals surface area contributed by atoms with Gasteiger partial charge in [0.15, 0.2) is 0 Å². The molecule has 0 bridgehead atoms. The third-order valence-corrected chi connectivity index (χ3v) is 2.45. The maximum atomic E-state index is 11.1. The summed E-state index contributed by atoms with van der Waals surface area (Å²) in [5.41, 5.74) is 5.33. The van der Waals surface area contributed by atoms with Crippen LogP contribution in [-0.2, 0) is 4.74 Å². The Hall–Kier alpha value is -1.20. The van der Waals surface area contributed by atoms with E-state index in [1.807, 2.05) is 12.2 Å². The molecule has 2 N–H and O–H groups in total. The number of methoxy groups -OCH3 is 1. The van der Waals surface area contributed by atoms with Crippen LogP contribution in [0.1, 0.15) is 21.1 Å². The molecule has 0 spiro atoms. The topological polar surface area (TPSA) is 65.2 Å². The van der Waals surface area contributed by atoms with Crippen LogP contribution in [0.4, 0.5) is 0 Å². The van der Waals surface area contributed by atoms with Crippen molar-refractivity contribution in [1.82, 2.24) is 4.98 Å². The quantitative estimate of drug-likeness (QED) is 0.764. The largest absolute Gasteiger partial charge is 0.465 e. The minimum absolute atomic E-state index is 0.346. The lowest BCUT2D eigenvalue weighted by molar-refractivity contribution is 0.0606. The number of rotatable bonds is 4. The van der Waals surface area contributed by atoms with Crippen molar-refractivity contribution in [3.05, 3.63) is 22.2 Å². The summed E-state index contributed by atoms with van der Waals surface area (Å²) >= 11 is 1.30. The van der Waals surface area contributed by atoms with E-state index in [4.69, 9.17) is 5.73 Å². The van der Waals surface area contributed by atoms with Crippen LogP contribution in [0.25, 0.3) is 6.08 Å². The van der Waals surface area contributed by atoms with E-state index in [-0.39, 0.29) is 5.97 Å². The second kappa shape index (κ2) is 5.51. The van der Waals surface area contributed by atoms with E-state index < -0.39 is 0 Å². The average molecular weight is 212 g/mol. The maximum absolute atomic E-state index is 11.1. The zero-order chi connectivity index (χ0) is 10.4. The van der Waals surface area contributed by atoms with Crippen molar-refractivity contribution < 1.29 is 9.53 Å². The van der Waals surface area contributed by atoms with Gasteiger partial charge in [-0.15, -0.1) is 11.3 Å². The van der Waals surface area contributed by atoms with Crippen molar-refractivity contribution in [2.24, 2.45) is 5.73 Å². The molecule has 0 aromatic carbocycles. The molecule has 1 rings (SSSR count). The lowest BCUT2D eigenvalue weighted by Gasteiger charge is -1.90. The van der Waals surface area contributed by atoms with Gasteiger partial charge in [0.05, 0.1) is 13.3 Å². The standard InChI is InChI=1S/C9H12N2O2S/c1-13-9(12)7-6-11-8(14-7)4-2-3-5-10/h2,4,6H,3,5,10H2,1H3. The first-order valence-electron chi connectivity index (χ1n) is 4.18. The van der Waals surface area contributed by atoms with Gasteiger partial charge in [0.1, 0.15) is 9.88 Å². The summed E-state index contributed by atoms with van der Waals surface area (Å²) in [6.45, 7) is 0.617. The monoisotopic (exact) mass is 212 g/mol. The van der Waals surface area contributed by atoms with Crippen molar-refractivity contribution in [1.29, 1.82) is 0 Å². The number of nitrogens with zero attached hydrogens (tertiary/aromatic N) is 1. The zero-order valence-electron chi connectivity index (χ0n) is 7.90. The van der Waals surface area contributed by atoms with Crippen molar-refractivity contribution in [3.63, 3.8) is 0 Å². The summed E-state index contributed by atoms with van der Waals surface area (Å²) in [6, 6.07) is 0. The molecule has 0 unspecified atom stereocenters. The average Bonchev–Trinajstić information content (AvgIpc) is 2.66. The van der Waals surface area contributed by atoms with Crippen LogP contribution < -0.4 is 5.73 Å². The minimum Gasteiger partial charge on any atom is -0.465 e. The second-order valence-corrected chi connectivity index (χ2v) is 3.60. The van der Waals surface area contributed by atoms with E-state index in [1.165, 1.54) is 24.6 Å². The van der Waals surface area contributed by atoms with E-state index in [9.17, 15) is 4.79 Å². The van der Waals surface area contributed by atoms with E-state index in [0.29, 0.717) is 11.4 Å². The number of esters is 1. The molecule has 14 heavy (non-hydrogen) atoms. The second-order valence-electron chi connectivity index (χ2n) is 2.53. The SMILES string of the molecule is COC(=O)c1cnc(C=CCCN)s1. The fraction of sp³-hybridized carbons (Fsp3) is 0.333. The van der Waals surface area contributed by atoms with Crippen molar-refractivity contribution in [2.75, 3.05) is 13.7 Å². The number of hydrogen-bond donors (Lipinski definition) is 1. The van der Waals surface area contributed by atoms with E-state index in [0.717, 1.165) is 11.4 Å². The molecular formula is C9H12N2O2S. The lowest BCUT2D eigenvalue weighted by Crippen LogP contribution is -1.96. The van der Waals surface area contributed by atoms with Gasteiger partial charge in [-0.05, 0) is 19.0 Å². The van der Waals surface area contributed by atoms with Crippen LogP contribution in [0.2, 0.25) is 0 Å². The Morgan fingerprint density at radius 3 is 3.21 bits per heavy atom. The van der Waals surface area contributed by atoms with E-state index in [1.54, 1.807) is 0 Å². The highest BCUT2D eigenvalue weighted by Crippen LogP contribution is 2.15. The van der Waals surface area contributed by atoms with Gasteiger partial charge in [-0.2, -0.15) is 0 Å². The summed E-state index contributed by atoms with van der Waals surface area (Å²) in [6.07, 6.45) is 6.11. The number of carbonyl (C=O) groups is 1. The first-order valence-corrected chi connectivity index (χ1v) is 5.00. The fourth-order valence-electron chi connectivity index (χ4n) is 0.840. The first kappa shape index (κ1) is 10.9. The number of nitrogens with two attached hydrogens (primary N) is 1. The summed E-state index contributed by atoms with van der Waals surface area (Å²) in [5, 5.41) is 0.791.